The summed E-state index contributed by atoms with van der Waals surface area (Å²) in [5, 5.41) is 0. The van der Waals surface area contributed by atoms with E-state index in [0.29, 0.717) is 13.0 Å². The summed E-state index contributed by atoms with van der Waals surface area (Å²) < 4.78 is 31.2. The van der Waals surface area contributed by atoms with Crippen molar-refractivity contribution in [2.75, 3.05) is 17.2 Å². The van der Waals surface area contributed by atoms with Crippen molar-refractivity contribution in [1.29, 1.82) is 0 Å². The van der Waals surface area contributed by atoms with Crippen LogP contribution in [-0.2, 0) is 23.0 Å². The van der Waals surface area contributed by atoms with Crippen molar-refractivity contribution in [3.05, 3.63) is 47.5 Å². The Morgan fingerprint density at radius 3 is 2.56 bits per heavy atom. The molecular weight excluding hydrogens is 354 g/mol. The lowest BCUT2D eigenvalue weighted by atomic mass is 10.1. The predicted octanol–water partition coefficient (Wildman–Crippen LogP) is 4.69. The molecule has 4 nitrogen and oxygen atoms in total. The zero-order valence-electron chi connectivity index (χ0n) is 14.5. The third-order valence-corrected chi connectivity index (χ3v) is 6.49. The first-order valence-corrected chi connectivity index (χ1v) is 11.0. The van der Waals surface area contributed by atoms with E-state index in [1.54, 1.807) is 11.8 Å². The van der Waals surface area contributed by atoms with Gasteiger partial charge in [0.25, 0.3) is 10.1 Å². The van der Waals surface area contributed by atoms with E-state index < -0.39 is 10.1 Å². The molecule has 0 aliphatic carbocycles. The number of hydrogen-bond acceptors (Lipinski definition) is 4. The molecule has 0 saturated carbocycles. The lowest BCUT2D eigenvalue weighted by molar-refractivity contribution is 0.481. The minimum Gasteiger partial charge on any atom is -0.340 e. The van der Waals surface area contributed by atoms with E-state index in [9.17, 15) is 8.42 Å². The second-order valence-corrected chi connectivity index (χ2v) is 8.79. The Balaban J connectivity index is 2.01. The third kappa shape index (κ3) is 4.02. The highest BCUT2D eigenvalue weighted by Crippen LogP contribution is 2.49. The second kappa shape index (κ2) is 7.40. The smallest absolute Gasteiger partial charge is 0.264 e. The predicted molar refractivity (Wildman–Crippen MR) is 104 cm³/mol. The summed E-state index contributed by atoms with van der Waals surface area (Å²) in [6.45, 7) is 4.85. The molecule has 0 bridgehead atoms. The molecule has 25 heavy (non-hydrogen) atoms. The van der Waals surface area contributed by atoms with Crippen molar-refractivity contribution in [2.45, 2.75) is 42.9 Å². The molecule has 0 fully saturated rings. The maximum absolute atomic E-state index is 11.1. The van der Waals surface area contributed by atoms with Crippen molar-refractivity contribution < 1.29 is 13.0 Å². The average molecular weight is 378 g/mol. The Labute approximate surface area is 154 Å². The minimum atomic E-state index is -3.94. The van der Waals surface area contributed by atoms with Crippen molar-refractivity contribution in [3.8, 4) is 0 Å². The molecule has 134 valence electrons. The van der Waals surface area contributed by atoms with Crippen LogP contribution in [-0.4, -0.2) is 25.3 Å². The molecule has 0 atom stereocenters. The van der Waals surface area contributed by atoms with E-state index in [1.165, 1.54) is 20.9 Å². The monoisotopic (exact) mass is 377 g/mol. The van der Waals surface area contributed by atoms with Crippen LogP contribution in [0.5, 0.6) is 0 Å². The molecule has 0 aromatic heterocycles. The van der Waals surface area contributed by atoms with Crippen LogP contribution in [0, 0.1) is 0 Å². The average Bonchev–Trinajstić information content (AvgIpc) is 2.59. The van der Waals surface area contributed by atoms with Gasteiger partial charge >= 0.3 is 0 Å². The number of benzene rings is 2. The van der Waals surface area contributed by atoms with Crippen LogP contribution in [0.3, 0.4) is 0 Å². The van der Waals surface area contributed by atoms with Crippen LogP contribution in [0.1, 0.15) is 31.4 Å². The summed E-state index contributed by atoms with van der Waals surface area (Å²) in [4.78, 5) is 4.64. The summed E-state index contributed by atoms with van der Waals surface area (Å²) in [5.41, 5.74) is 4.83. The van der Waals surface area contributed by atoms with Crippen LogP contribution < -0.4 is 4.90 Å². The Kier molecular flexibility index (Phi) is 5.41. The van der Waals surface area contributed by atoms with E-state index >= 15 is 0 Å². The Morgan fingerprint density at radius 2 is 1.88 bits per heavy atom. The lowest BCUT2D eigenvalue weighted by Gasteiger charge is -2.34. The zero-order valence-corrected chi connectivity index (χ0v) is 16.2. The summed E-state index contributed by atoms with van der Waals surface area (Å²) in [5.74, 6) is -0.220. The molecule has 0 amide bonds. The molecule has 0 unspecified atom stereocenters. The van der Waals surface area contributed by atoms with Crippen LogP contribution >= 0.6 is 11.8 Å². The summed E-state index contributed by atoms with van der Waals surface area (Å²) in [6, 6.07) is 12.8. The number of rotatable bonds is 6. The van der Waals surface area contributed by atoms with Gasteiger partial charge in [-0.1, -0.05) is 43.8 Å². The fraction of sp³-hybridized carbons (Fsp3) is 0.368. The highest BCUT2D eigenvalue weighted by atomic mass is 32.2. The Hall–Kier alpha value is -1.50. The van der Waals surface area contributed by atoms with Gasteiger partial charge in [-0.25, -0.2) is 0 Å². The van der Waals surface area contributed by atoms with Gasteiger partial charge in [0, 0.05) is 16.3 Å². The number of aryl methyl sites for hydroxylation is 2. The van der Waals surface area contributed by atoms with Gasteiger partial charge in [-0.05, 0) is 48.6 Å². The first kappa shape index (κ1) is 18.3. The van der Waals surface area contributed by atoms with Crippen LogP contribution in [0.25, 0.3) is 0 Å². The van der Waals surface area contributed by atoms with Crippen LogP contribution in [0.4, 0.5) is 11.4 Å². The molecule has 1 N–H and O–H groups in total. The molecule has 2 aromatic carbocycles. The SMILES string of the molecule is CCc1ccc2c(c1)Sc1c(CC)cccc1N2CCCS(=O)(=O)O. The van der Waals surface area contributed by atoms with E-state index in [2.05, 4.69) is 55.1 Å². The molecule has 0 radical (unpaired) electrons. The van der Waals surface area contributed by atoms with E-state index in [-0.39, 0.29) is 5.75 Å². The van der Waals surface area contributed by atoms with Gasteiger partial charge in [0.05, 0.1) is 17.1 Å². The first-order valence-electron chi connectivity index (χ1n) is 8.58. The van der Waals surface area contributed by atoms with Crippen molar-refractivity contribution in [2.24, 2.45) is 0 Å². The largest absolute Gasteiger partial charge is 0.340 e. The van der Waals surface area contributed by atoms with Gasteiger partial charge in [-0.3, -0.25) is 4.55 Å². The van der Waals surface area contributed by atoms with E-state index in [4.69, 9.17) is 4.55 Å². The van der Waals surface area contributed by atoms with Gasteiger partial charge in [-0.2, -0.15) is 8.42 Å². The molecule has 1 heterocycles. The highest BCUT2D eigenvalue weighted by Gasteiger charge is 2.25. The molecule has 6 heteroatoms. The summed E-state index contributed by atoms with van der Waals surface area (Å²) >= 11 is 1.80. The van der Waals surface area contributed by atoms with Crippen molar-refractivity contribution in [1.82, 2.24) is 0 Å². The molecule has 2 aromatic rings. The van der Waals surface area contributed by atoms with Gasteiger partial charge in [-0.15, -0.1) is 0 Å². The second-order valence-electron chi connectivity index (χ2n) is 6.17. The third-order valence-electron chi connectivity index (χ3n) is 4.47. The summed E-state index contributed by atoms with van der Waals surface area (Å²) in [7, 11) is -3.94. The Bertz CT molecular complexity index is 878. The fourth-order valence-electron chi connectivity index (χ4n) is 3.15. The molecular formula is C19H23NO3S2. The number of hydrogen-bond donors (Lipinski definition) is 1. The van der Waals surface area contributed by atoms with E-state index in [1.807, 2.05) is 0 Å². The van der Waals surface area contributed by atoms with Crippen LogP contribution in [0.15, 0.2) is 46.2 Å². The van der Waals surface area contributed by atoms with Gasteiger partial charge in [0.1, 0.15) is 0 Å². The number of fused-ring (bicyclic) bond motifs is 2. The lowest BCUT2D eigenvalue weighted by Crippen LogP contribution is -2.24. The van der Waals surface area contributed by atoms with Gasteiger partial charge in [0.15, 0.2) is 0 Å². The molecule has 1 aliphatic rings. The maximum atomic E-state index is 11.1. The van der Waals surface area contributed by atoms with Crippen molar-refractivity contribution in [3.63, 3.8) is 0 Å². The molecule has 0 spiro atoms. The molecule has 1 aliphatic heterocycles. The maximum Gasteiger partial charge on any atom is 0.264 e. The summed E-state index contributed by atoms with van der Waals surface area (Å²) in [6.07, 6.45) is 2.32. The molecule has 0 saturated heterocycles. The number of anilines is 2. The highest BCUT2D eigenvalue weighted by molar-refractivity contribution is 7.99. The quantitative estimate of drug-likeness (QED) is 0.740. The first-order chi connectivity index (χ1) is 11.9. The fourth-order valence-corrected chi connectivity index (χ4v) is 4.98. The standard InChI is InChI=1S/C19H23NO3S2/c1-3-14-9-10-16-18(13-14)24-19-15(4-2)7-5-8-17(19)20(16)11-6-12-25(21,22)23/h5,7-10,13H,3-4,6,11-12H2,1-2H3,(H,21,22,23). The van der Waals surface area contributed by atoms with Crippen LogP contribution in [0.2, 0.25) is 0 Å². The topological polar surface area (TPSA) is 57.6 Å². The Morgan fingerprint density at radius 1 is 1.08 bits per heavy atom. The van der Waals surface area contributed by atoms with E-state index in [0.717, 1.165) is 24.2 Å². The number of nitrogens with zero attached hydrogens (tertiary/aromatic N) is 1. The normalized spacial score (nSPS) is 13.5. The van der Waals surface area contributed by atoms with Gasteiger partial charge < -0.3 is 4.90 Å². The van der Waals surface area contributed by atoms with Gasteiger partial charge in [0.2, 0.25) is 0 Å². The molecule has 3 rings (SSSR count). The zero-order chi connectivity index (χ0) is 18.0. The minimum absolute atomic E-state index is 0.220. The van der Waals surface area contributed by atoms with Crippen molar-refractivity contribution >= 4 is 33.3 Å².